The standard InChI is InChI=1S/C25H26N4O4/c1-25(2)12-17-21(18(31)13-25)22(14-8-9-19(32-3)20(11-14)33-4)29-24(26-17)27-23(28-29)15-6-5-7-16(30)10-15/h5-11,22,30H,12-13H2,1-4H3,(H,26,27,28). The molecular formula is C25H26N4O4. The molecule has 2 heterocycles. The Morgan fingerprint density at radius 1 is 1.09 bits per heavy atom. The summed E-state index contributed by atoms with van der Waals surface area (Å²) < 4.78 is 12.7. The molecule has 8 heteroatoms. The largest absolute Gasteiger partial charge is 0.508 e. The predicted octanol–water partition coefficient (Wildman–Crippen LogP) is 4.33. The van der Waals surface area contributed by atoms with Crippen LogP contribution in [0.1, 0.15) is 38.3 Å². The molecule has 0 bridgehead atoms. The topological polar surface area (TPSA) is 98.5 Å². The van der Waals surface area contributed by atoms with E-state index in [0.717, 1.165) is 17.7 Å². The molecule has 1 aromatic heterocycles. The maximum atomic E-state index is 13.4. The van der Waals surface area contributed by atoms with Crippen LogP contribution in [0, 0.1) is 5.41 Å². The number of hydrogen-bond donors (Lipinski definition) is 2. The van der Waals surface area contributed by atoms with E-state index < -0.39 is 6.04 Å². The van der Waals surface area contributed by atoms with Crippen molar-refractivity contribution >= 4 is 11.7 Å². The van der Waals surface area contributed by atoms with E-state index in [9.17, 15) is 9.90 Å². The molecule has 0 saturated heterocycles. The number of aromatic nitrogens is 3. The predicted molar refractivity (Wildman–Crippen MR) is 123 cm³/mol. The van der Waals surface area contributed by atoms with Gasteiger partial charge in [0, 0.05) is 23.3 Å². The van der Waals surface area contributed by atoms with Crippen molar-refractivity contribution < 1.29 is 19.4 Å². The van der Waals surface area contributed by atoms with Gasteiger partial charge in [0.25, 0.3) is 0 Å². The fourth-order valence-corrected chi connectivity index (χ4v) is 4.71. The summed E-state index contributed by atoms with van der Waals surface area (Å²) in [4.78, 5) is 18.1. The molecule has 0 saturated carbocycles. The molecule has 33 heavy (non-hydrogen) atoms. The van der Waals surface area contributed by atoms with Crippen molar-refractivity contribution in [2.45, 2.75) is 32.7 Å². The highest BCUT2D eigenvalue weighted by Crippen LogP contribution is 2.46. The summed E-state index contributed by atoms with van der Waals surface area (Å²) >= 11 is 0. The van der Waals surface area contributed by atoms with E-state index in [4.69, 9.17) is 19.6 Å². The van der Waals surface area contributed by atoms with Gasteiger partial charge in [-0.1, -0.05) is 32.0 Å². The fourth-order valence-electron chi connectivity index (χ4n) is 4.71. The lowest BCUT2D eigenvalue weighted by molar-refractivity contribution is -0.118. The molecule has 170 valence electrons. The van der Waals surface area contributed by atoms with Gasteiger partial charge in [-0.05, 0) is 41.7 Å². The lowest BCUT2D eigenvalue weighted by atomic mass is 9.73. The van der Waals surface area contributed by atoms with Crippen LogP contribution in [0.15, 0.2) is 53.7 Å². The number of anilines is 1. The Kier molecular flexibility index (Phi) is 4.88. The molecule has 1 unspecified atom stereocenters. The van der Waals surface area contributed by atoms with Crippen molar-refractivity contribution in [3.8, 4) is 28.6 Å². The zero-order chi connectivity index (χ0) is 23.3. The molecule has 2 aliphatic rings. The number of ether oxygens (including phenoxy) is 2. The molecule has 8 nitrogen and oxygen atoms in total. The highest BCUT2D eigenvalue weighted by atomic mass is 16.5. The van der Waals surface area contributed by atoms with Gasteiger partial charge < -0.3 is 19.9 Å². The van der Waals surface area contributed by atoms with Gasteiger partial charge in [-0.2, -0.15) is 4.98 Å². The summed E-state index contributed by atoms with van der Waals surface area (Å²) in [5, 5.41) is 18.0. The summed E-state index contributed by atoms with van der Waals surface area (Å²) in [6, 6.07) is 12.0. The van der Waals surface area contributed by atoms with Crippen LogP contribution in [0.2, 0.25) is 0 Å². The van der Waals surface area contributed by atoms with Crippen LogP contribution in [-0.4, -0.2) is 39.9 Å². The van der Waals surface area contributed by atoms with Crippen molar-refractivity contribution in [3.05, 3.63) is 59.3 Å². The van der Waals surface area contributed by atoms with Crippen LogP contribution in [0.25, 0.3) is 11.4 Å². The molecule has 1 aliphatic heterocycles. The van der Waals surface area contributed by atoms with Crippen molar-refractivity contribution in [1.29, 1.82) is 0 Å². The Morgan fingerprint density at radius 2 is 1.88 bits per heavy atom. The summed E-state index contributed by atoms with van der Waals surface area (Å²) in [7, 11) is 3.18. The number of allylic oxidation sites excluding steroid dienone is 2. The minimum Gasteiger partial charge on any atom is -0.508 e. The molecule has 2 aromatic carbocycles. The van der Waals surface area contributed by atoms with Gasteiger partial charge in [-0.3, -0.25) is 4.79 Å². The van der Waals surface area contributed by atoms with Gasteiger partial charge in [0.2, 0.25) is 5.95 Å². The second-order valence-electron chi connectivity index (χ2n) is 9.23. The quantitative estimate of drug-likeness (QED) is 0.616. The maximum Gasteiger partial charge on any atom is 0.226 e. The second kappa shape index (κ2) is 7.65. The highest BCUT2D eigenvalue weighted by Gasteiger charge is 2.42. The lowest BCUT2D eigenvalue weighted by Gasteiger charge is -2.38. The number of rotatable bonds is 4. The molecule has 1 aliphatic carbocycles. The van der Waals surface area contributed by atoms with Crippen LogP contribution in [0.5, 0.6) is 17.2 Å². The maximum absolute atomic E-state index is 13.4. The summed E-state index contributed by atoms with van der Waals surface area (Å²) in [5.41, 5.74) is 2.96. The lowest BCUT2D eigenvalue weighted by Crippen LogP contribution is -2.36. The zero-order valence-corrected chi connectivity index (χ0v) is 19.0. The molecule has 0 fully saturated rings. The smallest absolute Gasteiger partial charge is 0.226 e. The third-order valence-corrected chi connectivity index (χ3v) is 6.16. The number of Topliss-reactive ketones (excluding diaryl/α,β-unsaturated/α-hetero) is 1. The minimum atomic E-state index is -0.460. The SMILES string of the molecule is COc1ccc(C2C3=C(CC(C)(C)CC3=O)Nc3nc(-c4cccc(O)c4)nn32)cc1OC. The highest BCUT2D eigenvalue weighted by molar-refractivity contribution is 6.00. The molecule has 0 amide bonds. The number of nitrogens with zero attached hydrogens (tertiary/aromatic N) is 3. The summed E-state index contributed by atoms with van der Waals surface area (Å²) in [5.74, 6) is 2.43. The van der Waals surface area contributed by atoms with Crippen molar-refractivity contribution in [2.24, 2.45) is 5.41 Å². The van der Waals surface area contributed by atoms with Gasteiger partial charge in [0.15, 0.2) is 23.1 Å². The van der Waals surface area contributed by atoms with Crippen LogP contribution in [0.4, 0.5) is 5.95 Å². The molecule has 3 aromatic rings. The first-order chi connectivity index (χ1) is 15.8. The first kappa shape index (κ1) is 21.1. The monoisotopic (exact) mass is 446 g/mol. The van der Waals surface area contributed by atoms with Crippen LogP contribution < -0.4 is 14.8 Å². The first-order valence-electron chi connectivity index (χ1n) is 10.8. The molecule has 0 spiro atoms. The van der Waals surface area contributed by atoms with Crippen LogP contribution in [0.3, 0.4) is 0 Å². The number of phenols is 1. The molecule has 0 radical (unpaired) electrons. The van der Waals surface area contributed by atoms with Crippen LogP contribution in [-0.2, 0) is 4.79 Å². The number of hydrogen-bond acceptors (Lipinski definition) is 7. The molecule has 5 rings (SSSR count). The second-order valence-corrected chi connectivity index (χ2v) is 9.23. The number of phenolic OH excluding ortho intramolecular Hbond substituents is 1. The number of fused-ring (bicyclic) bond motifs is 1. The Hall–Kier alpha value is -3.81. The Labute approximate surface area is 191 Å². The van der Waals surface area contributed by atoms with Gasteiger partial charge in [-0.15, -0.1) is 5.10 Å². The van der Waals surface area contributed by atoms with E-state index in [1.165, 1.54) is 0 Å². The van der Waals surface area contributed by atoms with Gasteiger partial charge in [0.05, 0.1) is 14.2 Å². The molecule has 1 atom stereocenters. The number of benzene rings is 2. The average molecular weight is 447 g/mol. The Morgan fingerprint density at radius 3 is 2.61 bits per heavy atom. The van der Waals surface area contributed by atoms with Gasteiger partial charge in [0.1, 0.15) is 11.8 Å². The van der Waals surface area contributed by atoms with E-state index in [0.29, 0.717) is 40.8 Å². The van der Waals surface area contributed by atoms with E-state index >= 15 is 0 Å². The van der Waals surface area contributed by atoms with Gasteiger partial charge >= 0.3 is 0 Å². The summed E-state index contributed by atoms with van der Waals surface area (Å²) in [6.45, 7) is 4.19. The van der Waals surface area contributed by atoms with Crippen molar-refractivity contribution in [3.63, 3.8) is 0 Å². The van der Waals surface area contributed by atoms with E-state index in [1.54, 1.807) is 37.1 Å². The number of aromatic hydroxyl groups is 1. The van der Waals surface area contributed by atoms with Gasteiger partial charge in [-0.25, -0.2) is 4.68 Å². The number of nitrogens with one attached hydrogen (secondary N) is 1. The van der Waals surface area contributed by atoms with E-state index in [1.807, 2.05) is 24.3 Å². The van der Waals surface area contributed by atoms with Crippen molar-refractivity contribution in [2.75, 3.05) is 19.5 Å². The summed E-state index contributed by atoms with van der Waals surface area (Å²) in [6.07, 6.45) is 1.19. The minimum absolute atomic E-state index is 0.0913. The average Bonchev–Trinajstić information content (AvgIpc) is 3.20. The Bertz CT molecular complexity index is 1290. The van der Waals surface area contributed by atoms with E-state index in [-0.39, 0.29) is 16.9 Å². The van der Waals surface area contributed by atoms with E-state index in [2.05, 4.69) is 19.2 Å². The normalized spacial score (nSPS) is 18.9. The number of methoxy groups -OCH3 is 2. The molecular weight excluding hydrogens is 420 g/mol. The number of carbonyl (C=O) groups is 1. The number of ketones is 1. The fraction of sp³-hybridized carbons (Fsp3) is 0.320. The first-order valence-corrected chi connectivity index (χ1v) is 10.8. The number of carbonyl (C=O) groups excluding carboxylic acids is 1. The third-order valence-electron chi connectivity index (χ3n) is 6.16. The molecule has 2 N–H and O–H groups in total. The Balaban J connectivity index is 1.69. The zero-order valence-electron chi connectivity index (χ0n) is 19.0. The third kappa shape index (κ3) is 3.61. The van der Waals surface area contributed by atoms with Crippen molar-refractivity contribution in [1.82, 2.24) is 14.8 Å². The van der Waals surface area contributed by atoms with Crippen LogP contribution >= 0.6 is 0 Å².